The molecule has 1 heterocycles. The molecule has 0 aromatic heterocycles. The van der Waals surface area contributed by atoms with E-state index in [2.05, 4.69) is 0 Å². The van der Waals surface area contributed by atoms with Crippen molar-refractivity contribution in [3.63, 3.8) is 0 Å². The lowest BCUT2D eigenvalue weighted by Crippen LogP contribution is -2.65. The number of rotatable bonds is 8. The van der Waals surface area contributed by atoms with E-state index in [1.54, 1.807) is 0 Å². The van der Waals surface area contributed by atoms with Crippen LogP contribution in [0.1, 0.15) is 103 Å². The smallest absolute Gasteiger partial charge is 0.377 e. The van der Waals surface area contributed by atoms with Gasteiger partial charge in [-0.25, -0.2) is 4.79 Å². The molecule has 0 radical (unpaired) electrons. The number of ether oxygens (including phenoxy) is 5. The number of Topliss-reactive ketones (excluding diaryl/α,β-unsaturated/α-hetero) is 2. The molecule has 0 N–H and O–H groups in total. The Morgan fingerprint density at radius 3 is 1.47 bits per heavy atom. The Morgan fingerprint density at radius 2 is 1.06 bits per heavy atom. The van der Waals surface area contributed by atoms with E-state index in [1.165, 1.54) is 0 Å². The van der Waals surface area contributed by atoms with Crippen molar-refractivity contribution in [3.8, 4) is 0 Å². The molecule has 12 aliphatic carbocycles. The fraction of sp³-hybridized carbons (Fsp3) is 0.872. The van der Waals surface area contributed by atoms with E-state index in [9.17, 15) is 32.8 Å². The van der Waals surface area contributed by atoms with Crippen molar-refractivity contribution in [2.45, 2.75) is 133 Å². The van der Waals surface area contributed by atoms with Crippen molar-refractivity contribution in [1.82, 2.24) is 0 Å². The molecular weight excluding hydrogens is 666 g/mol. The molecule has 12 saturated carbocycles. The number of carbonyl (C=O) groups excluding carboxylic acids is 5. The summed E-state index contributed by atoms with van der Waals surface area (Å²) in [4.78, 5) is 65.8. The molecule has 1 spiro atoms. The standard InChI is InChI=1S/C39H48F2O10/c1-35(40,41)32(44)51-38-10-21-6-26(15-38)39(27(7-21)16-38)49-28(17-47-33(45)36-8-19-2-22(11-36)30(42)23(3-19)12-36)29(50-39)18-48-34(46)37-9-20-4-24(13-37)31(43)25(5-20)14-37/h19-29H,2-18H2,1H3. The van der Waals surface area contributed by atoms with Gasteiger partial charge in [0.15, 0.2) is 5.79 Å². The molecule has 13 rings (SSSR count). The van der Waals surface area contributed by atoms with E-state index in [1.807, 2.05) is 0 Å². The average Bonchev–Trinajstić information content (AvgIpc) is 3.43. The minimum atomic E-state index is -3.60. The van der Waals surface area contributed by atoms with Crippen LogP contribution in [0.3, 0.4) is 0 Å². The van der Waals surface area contributed by atoms with Crippen LogP contribution in [0.5, 0.6) is 0 Å². The molecule has 13 fully saturated rings. The van der Waals surface area contributed by atoms with Crippen LogP contribution >= 0.6 is 0 Å². The molecule has 1 saturated heterocycles. The molecule has 8 atom stereocenters. The van der Waals surface area contributed by atoms with Gasteiger partial charge in [-0.3, -0.25) is 19.2 Å². The minimum Gasteiger partial charge on any atom is -0.462 e. The minimum absolute atomic E-state index is 0.0766. The van der Waals surface area contributed by atoms with Gasteiger partial charge in [-0.2, -0.15) is 8.78 Å². The van der Waals surface area contributed by atoms with E-state index in [0.717, 1.165) is 51.4 Å². The first-order chi connectivity index (χ1) is 24.2. The van der Waals surface area contributed by atoms with Gasteiger partial charge in [-0.05, 0) is 114 Å². The van der Waals surface area contributed by atoms with Crippen LogP contribution in [-0.2, 0) is 47.7 Å². The molecule has 0 amide bonds. The summed E-state index contributed by atoms with van der Waals surface area (Å²) in [6, 6.07) is 0. The zero-order chi connectivity index (χ0) is 35.3. The zero-order valence-electron chi connectivity index (χ0n) is 29.2. The van der Waals surface area contributed by atoms with Crippen molar-refractivity contribution in [2.75, 3.05) is 13.2 Å². The van der Waals surface area contributed by atoms with Gasteiger partial charge in [-0.1, -0.05) is 0 Å². The van der Waals surface area contributed by atoms with Crippen LogP contribution in [0.4, 0.5) is 8.78 Å². The van der Waals surface area contributed by atoms with Crippen LogP contribution in [0.2, 0.25) is 0 Å². The Labute approximate surface area is 295 Å². The highest BCUT2D eigenvalue weighted by molar-refractivity contribution is 5.90. The van der Waals surface area contributed by atoms with E-state index >= 15 is 0 Å². The lowest BCUT2D eigenvalue weighted by atomic mass is 9.49. The Balaban J connectivity index is 0.882. The number of carbonyl (C=O) groups is 5. The number of hydrogen-bond donors (Lipinski definition) is 0. The van der Waals surface area contributed by atoms with E-state index in [4.69, 9.17) is 23.7 Å². The molecule has 1 aliphatic heterocycles. The molecule has 51 heavy (non-hydrogen) atoms. The molecular formula is C39H48F2O10. The molecule has 12 heteroatoms. The normalized spacial score (nSPS) is 51.1. The predicted octanol–water partition coefficient (Wildman–Crippen LogP) is 5.12. The Bertz CT molecular complexity index is 1450. The topological polar surface area (TPSA) is 132 Å². The quantitative estimate of drug-likeness (QED) is 0.247. The molecule has 0 aromatic carbocycles. The first kappa shape index (κ1) is 33.1. The maximum atomic E-state index is 14.0. The highest BCUT2D eigenvalue weighted by atomic mass is 19.3. The van der Waals surface area contributed by atoms with Gasteiger partial charge in [-0.15, -0.1) is 0 Å². The van der Waals surface area contributed by atoms with E-state index in [-0.39, 0.29) is 66.6 Å². The van der Waals surface area contributed by atoms with Crippen LogP contribution in [0.25, 0.3) is 0 Å². The maximum absolute atomic E-state index is 14.0. The first-order valence-corrected chi connectivity index (χ1v) is 19.6. The number of hydrogen-bond acceptors (Lipinski definition) is 10. The van der Waals surface area contributed by atoms with Crippen molar-refractivity contribution in [1.29, 1.82) is 0 Å². The largest absolute Gasteiger partial charge is 0.462 e. The lowest BCUT2D eigenvalue weighted by molar-refractivity contribution is -0.326. The summed E-state index contributed by atoms with van der Waals surface area (Å²) >= 11 is 0. The molecule has 10 nitrogen and oxygen atoms in total. The summed E-state index contributed by atoms with van der Waals surface area (Å²) < 4.78 is 59.5. The monoisotopic (exact) mass is 714 g/mol. The van der Waals surface area contributed by atoms with Crippen molar-refractivity contribution >= 4 is 29.5 Å². The summed E-state index contributed by atoms with van der Waals surface area (Å²) in [5.74, 6) is -6.16. The fourth-order valence-electron chi connectivity index (χ4n) is 14.2. The number of halogens is 2. The predicted molar refractivity (Wildman–Crippen MR) is 169 cm³/mol. The van der Waals surface area contributed by atoms with Crippen molar-refractivity contribution in [2.24, 2.45) is 64.1 Å². The second kappa shape index (κ2) is 10.8. The summed E-state index contributed by atoms with van der Waals surface area (Å²) in [5.41, 5.74) is -2.34. The molecule has 8 unspecified atom stereocenters. The second-order valence-corrected chi connectivity index (χ2v) is 19.1. The number of esters is 3. The zero-order valence-corrected chi connectivity index (χ0v) is 29.2. The van der Waals surface area contributed by atoms with Crippen molar-refractivity contribution < 1.29 is 56.4 Å². The molecule has 13 aliphatic rings. The third kappa shape index (κ3) is 4.92. The van der Waals surface area contributed by atoms with Crippen LogP contribution in [0.15, 0.2) is 0 Å². The Hall–Kier alpha value is -2.47. The van der Waals surface area contributed by atoms with Crippen LogP contribution in [-0.4, -0.2) is 72.2 Å². The number of ketones is 2. The highest BCUT2D eigenvalue weighted by Crippen LogP contribution is 2.65. The van der Waals surface area contributed by atoms with Gasteiger partial charge in [0.05, 0.1) is 10.8 Å². The Kier molecular flexibility index (Phi) is 7.03. The highest BCUT2D eigenvalue weighted by Gasteiger charge is 2.70. The molecule has 278 valence electrons. The van der Waals surface area contributed by atoms with Crippen LogP contribution in [0, 0.1) is 64.1 Å². The van der Waals surface area contributed by atoms with E-state index in [0.29, 0.717) is 75.3 Å². The summed E-state index contributed by atoms with van der Waals surface area (Å²) in [6.07, 6.45) is 8.13. The molecule has 0 aromatic rings. The van der Waals surface area contributed by atoms with Crippen LogP contribution < -0.4 is 0 Å². The van der Waals surface area contributed by atoms with Gasteiger partial charge in [0.2, 0.25) is 0 Å². The third-order valence-electron chi connectivity index (χ3n) is 15.6. The van der Waals surface area contributed by atoms with Gasteiger partial charge in [0, 0.05) is 42.4 Å². The average molecular weight is 715 g/mol. The van der Waals surface area contributed by atoms with Crippen molar-refractivity contribution in [3.05, 3.63) is 0 Å². The maximum Gasteiger partial charge on any atom is 0.377 e. The third-order valence-corrected chi connectivity index (χ3v) is 15.6. The second-order valence-electron chi connectivity index (χ2n) is 19.1. The summed E-state index contributed by atoms with van der Waals surface area (Å²) in [6.45, 7) is 0.353. The number of alkyl halides is 2. The van der Waals surface area contributed by atoms with Gasteiger partial charge in [0.25, 0.3) is 0 Å². The van der Waals surface area contributed by atoms with Gasteiger partial charge < -0.3 is 23.7 Å². The first-order valence-electron chi connectivity index (χ1n) is 19.6. The fourth-order valence-corrected chi connectivity index (χ4v) is 14.2. The van der Waals surface area contributed by atoms with Gasteiger partial charge in [0.1, 0.15) is 42.6 Å². The Morgan fingerprint density at radius 1 is 0.647 bits per heavy atom. The van der Waals surface area contributed by atoms with Gasteiger partial charge >= 0.3 is 23.8 Å². The lowest BCUT2D eigenvalue weighted by Gasteiger charge is -2.62. The summed E-state index contributed by atoms with van der Waals surface area (Å²) in [5, 5.41) is 0. The van der Waals surface area contributed by atoms with E-state index < -0.39 is 46.3 Å². The SMILES string of the molecule is CC(F)(F)C(=O)OC12CC3CC(C1)C1(OC(COC(=O)C45CC6CC(C4)C(=O)C(C6)C5)C(COC(=O)C45CC6CC(C4)C(=O)C(C6)C5)O1)C(C3)C2. The molecule has 12 bridgehead atoms. The summed E-state index contributed by atoms with van der Waals surface area (Å²) in [7, 11) is 0.